The summed E-state index contributed by atoms with van der Waals surface area (Å²) in [5.74, 6) is 1.89. The van der Waals surface area contributed by atoms with Gasteiger partial charge >= 0.3 is 30.5 Å². The zero-order valence-electron chi connectivity index (χ0n) is 88.8. The first-order chi connectivity index (χ1) is 66.2. The number of amides is 5. The van der Waals surface area contributed by atoms with Crippen LogP contribution in [-0.4, -0.2) is 246 Å². The standard InChI is InChI=1S/C21H28ClFN2O5S.C21H29ClN2O5S.C21H29ClN2O3S.C17H21ClFNO3S.C11H21NO5S.C10H19NO3/c1-19(2,3)17-24-14-8-7-13(22)16(15(14)29-17)31(27,28)21(23)9-11-25(12-10-21)18(26)30-20(4,5)6;1-20(2,3)18-23-15-8-7-14(22)17(16(15)28-18)30(26,27)13-9-11-24(12-10-13)19(25)29-21(4,5)6;1-20(2,3)18-23-15-8-7-14(22)17(16(15)26-18)28-13-9-11-24(12-10-13)19(25)27-21(4,5)6;1-16(2,3)15-20-12-8-7-11(18)14(13(12)23-15)24(21,22)17(19)9-5-4-6-10-17;1-11(2,3)16-10(13)12-7-5-9(6-8-12)17-18(4,14)15;1-10(2,3)14-9(13)11-6-4-8(12)5-7-11/h7-8H,9-12H2,1-6H3;7-8,13H,9-12H2,1-6H3;7-8,13H,9-12H2,1-6H3;7-8H,4-6,9-10H2,1-3H3;9H,5-8H2,1-4H3;8,12H,4-7H2,1-3H3. The normalized spacial score (nSPS) is 17.8. The van der Waals surface area contributed by atoms with Crippen molar-refractivity contribution in [2.24, 2.45) is 0 Å². The molecule has 0 unspecified atom stereocenters. The van der Waals surface area contributed by atoms with E-state index in [9.17, 15) is 62.8 Å². The highest BCUT2D eigenvalue weighted by atomic mass is 35.5. The Balaban J connectivity index is 0.000000197. The predicted octanol–water partition coefficient (Wildman–Crippen LogP) is 24.4. The lowest BCUT2D eigenvalue weighted by Gasteiger charge is -2.36. The average Bonchev–Trinajstić information content (AvgIpc) is 1.66. The molecule has 6 fully saturated rings. The summed E-state index contributed by atoms with van der Waals surface area (Å²) in [4.78, 5) is 86.0. The van der Waals surface area contributed by atoms with Gasteiger partial charge in [0, 0.05) is 105 Å². The highest BCUT2D eigenvalue weighted by Gasteiger charge is 2.53. The molecule has 4 aromatic carbocycles. The van der Waals surface area contributed by atoms with Crippen molar-refractivity contribution in [1.82, 2.24) is 44.4 Å². The second-order valence-corrected chi connectivity index (χ2v) is 57.4. The van der Waals surface area contributed by atoms with Gasteiger partial charge in [0.1, 0.15) is 64.8 Å². The number of aliphatic hydroxyl groups excluding tert-OH is 1. The summed E-state index contributed by atoms with van der Waals surface area (Å²) in [7, 11) is -16.0. The van der Waals surface area contributed by atoms with Gasteiger partial charge in [-0.05, 0) is 229 Å². The van der Waals surface area contributed by atoms with E-state index in [0.29, 0.717) is 154 Å². The first-order valence-electron chi connectivity index (χ1n) is 48.8. The van der Waals surface area contributed by atoms with Crippen molar-refractivity contribution in [3.8, 4) is 0 Å². The predicted molar refractivity (Wildman–Crippen MR) is 558 cm³/mol. The van der Waals surface area contributed by atoms with E-state index in [4.69, 9.17) is 91.9 Å². The van der Waals surface area contributed by atoms with Crippen LogP contribution < -0.4 is 0 Å². The number of nitrogens with zero attached hydrogens (tertiary/aromatic N) is 9. The fourth-order valence-electron chi connectivity index (χ4n) is 15.8. The van der Waals surface area contributed by atoms with Gasteiger partial charge in [-0.15, -0.1) is 11.8 Å². The van der Waals surface area contributed by atoms with Gasteiger partial charge < -0.3 is 71.0 Å². The fraction of sp³-hybridized carbons (Fsp3) is 0.673. The molecule has 812 valence electrons. The van der Waals surface area contributed by atoms with E-state index in [1.165, 1.54) is 17.0 Å². The summed E-state index contributed by atoms with van der Waals surface area (Å²) in [6, 6.07) is 13.0. The molecule has 9 heterocycles. The Bertz CT molecular complexity index is 6390. The van der Waals surface area contributed by atoms with E-state index in [1.54, 1.807) is 97.2 Å². The number of likely N-dealkylation sites (tertiary alicyclic amines) is 5. The summed E-state index contributed by atoms with van der Waals surface area (Å²) in [6.07, 6.45) is 4.35. The molecule has 6 aliphatic rings. The number of carbonyl (C=O) groups excluding carboxylic acids is 5. The number of aromatic nitrogens is 4. The molecule has 0 bridgehead atoms. The van der Waals surface area contributed by atoms with Crippen LogP contribution in [0.15, 0.2) is 85.8 Å². The van der Waals surface area contributed by atoms with E-state index in [1.807, 2.05) is 137 Å². The second kappa shape index (κ2) is 46.2. The fourth-order valence-corrected chi connectivity index (χ4v) is 25.0. The Morgan fingerprint density at radius 1 is 0.366 bits per heavy atom. The lowest BCUT2D eigenvalue weighted by atomic mass is 9.97. The van der Waals surface area contributed by atoms with Crippen LogP contribution in [0.4, 0.5) is 32.8 Å². The molecule has 33 nitrogen and oxygen atoms in total. The maximum Gasteiger partial charge on any atom is 0.410 e. The van der Waals surface area contributed by atoms with Crippen molar-refractivity contribution in [3.63, 3.8) is 0 Å². The number of fused-ring (bicyclic) bond motifs is 4. The first kappa shape index (κ1) is 121. The number of thioether (sulfide) groups is 1. The Morgan fingerprint density at radius 3 is 0.938 bits per heavy atom. The molecule has 0 spiro atoms. The number of ether oxygens (including phenoxy) is 5. The maximum absolute atomic E-state index is 15.9. The minimum Gasteiger partial charge on any atom is -0.444 e. The van der Waals surface area contributed by atoms with Crippen molar-refractivity contribution >= 4 is 173 Å². The van der Waals surface area contributed by atoms with Gasteiger partial charge in [0.2, 0.25) is 53.2 Å². The highest BCUT2D eigenvalue weighted by Crippen LogP contribution is 2.49. The van der Waals surface area contributed by atoms with E-state index in [2.05, 4.69) is 40.7 Å². The van der Waals surface area contributed by atoms with E-state index < -0.39 is 124 Å². The molecule has 1 N–H and O–H groups in total. The third-order valence-electron chi connectivity index (χ3n) is 23.4. The number of aliphatic hydroxyl groups is 1. The van der Waals surface area contributed by atoms with Gasteiger partial charge in [-0.1, -0.05) is 136 Å². The van der Waals surface area contributed by atoms with Crippen LogP contribution >= 0.6 is 58.2 Å². The third kappa shape index (κ3) is 32.6. The smallest absolute Gasteiger partial charge is 0.410 e. The second-order valence-electron chi connectivity index (χ2n) is 46.4. The summed E-state index contributed by atoms with van der Waals surface area (Å²) < 4.78 is 188. The molecule has 0 atom stereocenters. The number of carbonyl (C=O) groups is 5. The number of oxazole rings is 4. The molecule has 44 heteroatoms. The molecular formula is C101H147Cl4F2N9O24S5. The van der Waals surface area contributed by atoms with Crippen LogP contribution in [0.3, 0.4) is 0 Å². The Kier molecular flexibility index (Phi) is 38.4. The summed E-state index contributed by atoms with van der Waals surface area (Å²) >= 11 is 26.9. The number of piperidine rings is 5. The molecule has 5 saturated heterocycles. The Labute approximate surface area is 876 Å². The van der Waals surface area contributed by atoms with Gasteiger partial charge in [-0.3, -0.25) is 4.18 Å². The molecular weight excluding hydrogens is 2060 g/mol. The van der Waals surface area contributed by atoms with Crippen LogP contribution in [0.2, 0.25) is 20.1 Å². The molecule has 14 rings (SSSR count). The van der Waals surface area contributed by atoms with Crippen LogP contribution in [0.25, 0.3) is 44.4 Å². The van der Waals surface area contributed by atoms with E-state index >= 15 is 8.78 Å². The summed E-state index contributed by atoms with van der Waals surface area (Å²) in [6.45, 7) is 54.5. The van der Waals surface area contributed by atoms with Crippen molar-refractivity contribution < 1.29 is 117 Å². The van der Waals surface area contributed by atoms with Gasteiger partial charge in [-0.2, -0.15) is 8.42 Å². The molecule has 1 saturated carbocycles. The SMILES string of the molecule is CC(C)(C)OC(=O)N1CCC(F)(S(=O)(=O)c2c(Cl)ccc3nc(C(C)(C)C)oc23)CC1.CC(C)(C)OC(=O)N1CCC(O)CC1.CC(C)(C)OC(=O)N1CCC(OS(C)(=O)=O)CC1.CC(C)(C)OC(=O)N1CCC(S(=O)(=O)c2c(Cl)ccc3nc(C(C)(C)C)oc23)CC1.CC(C)(C)OC(=O)N1CCC(Sc2c(Cl)ccc3nc(C(C)(C)C)oc23)CC1.CC(C)(C)c1nc2ccc(Cl)c(S(=O)(=O)C3(F)CCCCC3)c2o1. The van der Waals surface area contributed by atoms with Gasteiger partial charge in [0.25, 0.3) is 10.1 Å². The van der Waals surface area contributed by atoms with Crippen molar-refractivity contribution in [3.05, 3.63) is 92.2 Å². The monoisotopic (exact) mass is 2210 g/mol. The molecule has 1 aliphatic carbocycles. The van der Waals surface area contributed by atoms with E-state index in [0.717, 1.165) is 41.5 Å². The molecule has 145 heavy (non-hydrogen) atoms. The Morgan fingerprint density at radius 2 is 0.628 bits per heavy atom. The number of halogens is 6. The molecule has 8 aromatic rings. The number of hydrogen-bond acceptors (Lipinski definition) is 29. The number of rotatable bonds is 10. The minimum absolute atomic E-state index is 0.0116. The van der Waals surface area contributed by atoms with Crippen LogP contribution in [0.1, 0.15) is 307 Å². The number of alkyl halides is 2. The quantitative estimate of drug-likeness (QED) is 0.0981. The first-order valence-corrected chi connectivity index (χ1v) is 57.5. The number of sulfone groups is 3. The largest absolute Gasteiger partial charge is 0.444 e. The lowest BCUT2D eigenvalue weighted by molar-refractivity contribution is 0.00943. The maximum atomic E-state index is 15.9. The molecule has 4 aromatic heterocycles. The lowest BCUT2D eigenvalue weighted by Crippen LogP contribution is -2.49. The molecule has 5 aliphatic heterocycles. The zero-order valence-corrected chi connectivity index (χ0v) is 95.9. The summed E-state index contributed by atoms with van der Waals surface area (Å²) in [5, 5.41) is 4.72. The van der Waals surface area contributed by atoms with Crippen LogP contribution in [0, 0.1) is 0 Å². The number of hydrogen-bond donors (Lipinski definition) is 1. The average molecular weight is 2210 g/mol. The van der Waals surface area contributed by atoms with E-state index in [-0.39, 0.29) is 109 Å². The summed E-state index contributed by atoms with van der Waals surface area (Å²) in [5.41, 5.74) is -1.19. The number of benzene rings is 4. The van der Waals surface area contributed by atoms with Crippen molar-refractivity contribution in [1.29, 1.82) is 0 Å². The third-order valence-corrected chi connectivity index (χ3v) is 34.1. The highest BCUT2D eigenvalue weighted by molar-refractivity contribution is 8.00. The minimum atomic E-state index is -4.55. The van der Waals surface area contributed by atoms with Gasteiger partial charge in [0.05, 0.1) is 48.7 Å². The van der Waals surface area contributed by atoms with Gasteiger partial charge in [0.15, 0.2) is 32.2 Å². The van der Waals surface area contributed by atoms with Crippen molar-refractivity contribution in [2.45, 2.75) is 385 Å². The Hall–Kier alpha value is -7.80. The van der Waals surface area contributed by atoms with Gasteiger partial charge in [-0.25, -0.2) is 77.9 Å². The van der Waals surface area contributed by atoms with Crippen LogP contribution in [-0.2, 0) is 89.2 Å². The topological polar surface area (TPSA) is 418 Å². The molecule has 5 amide bonds. The van der Waals surface area contributed by atoms with Crippen LogP contribution in [0.5, 0.6) is 0 Å². The molecule has 0 radical (unpaired) electrons. The van der Waals surface area contributed by atoms with Crippen molar-refractivity contribution in [2.75, 3.05) is 71.7 Å². The zero-order chi connectivity index (χ0) is 109.